The number of fused-ring (bicyclic) bond motifs is 3. The van der Waals surface area contributed by atoms with E-state index in [1.165, 1.54) is 55.3 Å². The van der Waals surface area contributed by atoms with Crippen LogP contribution in [0.15, 0.2) is 48.5 Å². The summed E-state index contributed by atoms with van der Waals surface area (Å²) in [6, 6.07) is 17.5. The van der Waals surface area contributed by atoms with E-state index >= 15 is 0 Å². The zero-order chi connectivity index (χ0) is 17.3. The van der Waals surface area contributed by atoms with Crippen molar-refractivity contribution in [3.63, 3.8) is 0 Å². The average molecular weight is 335 g/mol. The smallest absolute Gasteiger partial charge is 0.121 e. The minimum absolute atomic E-state index is 0.408. The summed E-state index contributed by atoms with van der Waals surface area (Å²) in [4.78, 5) is 0. The maximum Gasteiger partial charge on any atom is 0.121 e. The van der Waals surface area contributed by atoms with Crippen molar-refractivity contribution in [3.8, 4) is 5.75 Å². The highest BCUT2D eigenvalue weighted by Crippen LogP contribution is 2.57. The molecule has 2 bridgehead atoms. The van der Waals surface area contributed by atoms with E-state index in [1.807, 2.05) is 0 Å². The molecule has 0 aliphatic heterocycles. The van der Waals surface area contributed by atoms with E-state index in [2.05, 4.69) is 60.8 Å². The zero-order valence-electron chi connectivity index (χ0n) is 15.5. The SMILES string of the molecule is COc1ccc(C23CCC(CNc4ccccc4)(CC2)CC3)cc1C. The topological polar surface area (TPSA) is 21.3 Å². The summed E-state index contributed by atoms with van der Waals surface area (Å²) in [7, 11) is 1.76. The molecule has 2 heteroatoms. The van der Waals surface area contributed by atoms with Gasteiger partial charge in [0.15, 0.2) is 0 Å². The molecule has 0 unspecified atom stereocenters. The van der Waals surface area contributed by atoms with Crippen LogP contribution in [0.25, 0.3) is 0 Å². The van der Waals surface area contributed by atoms with E-state index in [-0.39, 0.29) is 0 Å². The molecule has 2 aromatic rings. The number of ether oxygens (including phenoxy) is 1. The fraction of sp³-hybridized carbons (Fsp3) is 0.478. The first-order chi connectivity index (χ1) is 12.1. The molecule has 0 radical (unpaired) electrons. The van der Waals surface area contributed by atoms with Crippen LogP contribution in [0.2, 0.25) is 0 Å². The van der Waals surface area contributed by atoms with E-state index in [0.29, 0.717) is 10.8 Å². The number of hydrogen-bond donors (Lipinski definition) is 1. The Morgan fingerprint density at radius 2 is 1.60 bits per heavy atom. The first kappa shape index (κ1) is 16.5. The summed E-state index contributed by atoms with van der Waals surface area (Å²) < 4.78 is 5.45. The maximum absolute atomic E-state index is 5.45. The number of benzene rings is 2. The minimum Gasteiger partial charge on any atom is -0.496 e. The van der Waals surface area contributed by atoms with Crippen LogP contribution >= 0.6 is 0 Å². The lowest BCUT2D eigenvalue weighted by Crippen LogP contribution is -2.47. The van der Waals surface area contributed by atoms with Crippen molar-refractivity contribution in [3.05, 3.63) is 59.7 Å². The Hall–Kier alpha value is -1.96. The van der Waals surface area contributed by atoms with Gasteiger partial charge in [0, 0.05) is 12.2 Å². The second-order valence-corrected chi connectivity index (χ2v) is 8.18. The van der Waals surface area contributed by atoms with Gasteiger partial charge in [-0.3, -0.25) is 0 Å². The van der Waals surface area contributed by atoms with Gasteiger partial charge in [0.25, 0.3) is 0 Å². The van der Waals surface area contributed by atoms with Crippen molar-refractivity contribution >= 4 is 5.69 Å². The van der Waals surface area contributed by atoms with Crippen molar-refractivity contribution in [2.75, 3.05) is 19.0 Å². The summed E-state index contributed by atoms with van der Waals surface area (Å²) in [5.74, 6) is 1.01. The summed E-state index contributed by atoms with van der Waals surface area (Å²) >= 11 is 0. The minimum atomic E-state index is 0.408. The standard InChI is InChI=1S/C23H29NO/c1-18-16-19(8-9-21(18)25-2)23-13-10-22(11-14-23,12-15-23)17-24-20-6-4-3-5-7-20/h3-9,16,24H,10-15,17H2,1-2H3. The van der Waals surface area contributed by atoms with Gasteiger partial charge in [-0.1, -0.05) is 30.3 Å². The fourth-order valence-corrected chi connectivity index (χ4v) is 5.02. The molecular formula is C23H29NO. The second kappa shape index (κ2) is 6.40. The lowest BCUT2D eigenvalue weighted by molar-refractivity contribution is 0.0505. The number of hydrogen-bond acceptors (Lipinski definition) is 2. The molecule has 0 saturated heterocycles. The third-order valence-electron chi connectivity index (χ3n) is 6.85. The Balaban J connectivity index is 1.46. The Morgan fingerprint density at radius 3 is 2.20 bits per heavy atom. The quantitative estimate of drug-likeness (QED) is 0.756. The van der Waals surface area contributed by atoms with Crippen molar-refractivity contribution in [2.45, 2.75) is 50.9 Å². The molecule has 0 aromatic heterocycles. The molecule has 0 amide bonds. The van der Waals surface area contributed by atoms with E-state index in [1.54, 1.807) is 7.11 Å². The van der Waals surface area contributed by atoms with Crippen molar-refractivity contribution in [1.82, 2.24) is 0 Å². The molecule has 3 aliphatic carbocycles. The summed E-state index contributed by atoms with van der Waals surface area (Å²) in [6.45, 7) is 3.29. The predicted molar refractivity (Wildman–Crippen MR) is 104 cm³/mol. The number of methoxy groups -OCH3 is 1. The van der Waals surface area contributed by atoms with Gasteiger partial charge in [-0.15, -0.1) is 0 Å². The highest BCUT2D eigenvalue weighted by atomic mass is 16.5. The van der Waals surface area contributed by atoms with Gasteiger partial charge in [-0.05, 0) is 85.6 Å². The van der Waals surface area contributed by atoms with Crippen molar-refractivity contribution < 1.29 is 4.74 Å². The fourth-order valence-electron chi connectivity index (χ4n) is 5.02. The van der Waals surface area contributed by atoms with E-state index in [0.717, 1.165) is 12.3 Å². The lowest BCUT2D eigenvalue weighted by atomic mass is 9.52. The highest BCUT2D eigenvalue weighted by molar-refractivity contribution is 5.43. The number of anilines is 1. The Kier molecular flexibility index (Phi) is 4.23. The third-order valence-corrected chi connectivity index (χ3v) is 6.85. The molecule has 0 heterocycles. The third kappa shape index (κ3) is 3.03. The van der Waals surface area contributed by atoms with E-state index < -0.39 is 0 Å². The van der Waals surface area contributed by atoms with Crippen LogP contribution < -0.4 is 10.1 Å². The molecular weight excluding hydrogens is 306 g/mol. The first-order valence-electron chi connectivity index (χ1n) is 9.59. The van der Waals surface area contributed by atoms with Gasteiger partial charge in [0.2, 0.25) is 0 Å². The van der Waals surface area contributed by atoms with Crippen LogP contribution in [0.4, 0.5) is 5.69 Å². The van der Waals surface area contributed by atoms with Gasteiger partial charge >= 0.3 is 0 Å². The highest BCUT2D eigenvalue weighted by Gasteiger charge is 2.49. The van der Waals surface area contributed by atoms with Crippen LogP contribution in [0.3, 0.4) is 0 Å². The molecule has 25 heavy (non-hydrogen) atoms. The van der Waals surface area contributed by atoms with Gasteiger partial charge in [0.05, 0.1) is 7.11 Å². The normalized spacial score (nSPS) is 27.9. The van der Waals surface area contributed by atoms with Crippen molar-refractivity contribution in [2.24, 2.45) is 5.41 Å². The van der Waals surface area contributed by atoms with Gasteiger partial charge in [-0.25, -0.2) is 0 Å². The Bertz CT molecular complexity index is 712. The number of rotatable bonds is 5. The summed E-state index contributed by atoms with van der Waals surface area (Å²) in [5, 5.41) is 3.69. The van der Waals surface area contributed by atoms with E-state index in [9.17, 15) is 0 Å². The Morgan fingerprint density at radius 1 is 0.920 bits per heavy atom. The molecule has 0 spiro atoms. The van der Waals surface area contributed by atoms with Gasteiger partial charge < -0.3 is 10.1 Å². The van der Waals surface area contributed by atoms with Crippen LogP contribution in [-0.2, 0) is 5.41 Å². The van der Waals surface area contributed by atoms with Crippen LogP contribution in [0.1, 0.15) is 49.7 Å². The largest absolute Gasteiger partial charge is 0.496 e. The zero-order valence-corrected chi connectivity index (χ0v) is 15.5. The van der Waals surface area contributed by atoms with Crippen LogP contribution in [0.5, 0.6) is 5.75 Å². The molecule has 3 fully saturated rings. The second-order valence-electron chi connectivity index (χ2n) is 8.18. The molecule has 0 atom stereocenters. The van der Waals surface area contributed by atoms with Crippen LogP contribution in [-0.4, -0.2) is 13.7 Å². The lowest BCUT2D eigenvalue weighted by Gasteiger charge is -2.54. The van der Waals surface area contributed by atoms with E-state index in [4.69, 9.17) is 4.74 Å². The molecule has 3 aliphatic rings. The van der Waals surface area contributed by atoms with Crippen LogP contribution in [0, 0.1) is 12.3 Å². The monoisotopic (exact) mass is 335 g/mol. The number of nitrogens with one attached hydrogen (secondary N) is 1. The van der Waals surface area contributed by atoms with Crippen molar-refractivity contribution in [1.29, 1.82) is 0 Å². The number of aryl methyl sites for hydroxylation is 1. The molecule has 2 aromatic carbocycles. The molecule has 3 saturated carbocycles. The van der Waals surface area contributed by atoms with Gasteiger partial charge in [-0.2, -0.15) is 0 Å². The summed E-state index contributed by atoms with van der Waals surface area (Å²) in [5.41, 5.74) is 4.97. The first-order valence-corrected chi connectivity index (χ1v) is 9.59. The van der Waals surface area contributed by atoms with Gasteiger partial charge in [0.1, 0.15) is 5.75 Å². The number of para-hydroxylation sites is 1. The molecule has 132 valence electrons. The maximum atomic E-state index is 5.45. The molecule has 2 nitrogen and oxygen atoms in total. The molecule has 5 rings (SSSR count). The predicted octanol–water partition coefficient (Wildman–Crippen LogP) is 5.71. The summed E-state index contributed by atoms with van der Waals surface area (Å²) in [6.07, 6.45) is 8.02. The Labute approximate surface area is 151 Å². The molecule has 1 N–H and O–H groups in total. The average Bonchev–Trinajstić information content (AvgIpc) is 2.69.